The SMILES string of the molecule is O=C(CCOc1ccc(Cl)cc1)NCC(O)c1ccc2ccccc2c1. The summed E-state index contributed by atoms with van der Waals surface area (Å²) in [5, 5.41) is 15.9. The number of rotatable bonds is 7. The van der Waals surface area contributed by atoms with E-state index in [0.29, 0.717) is 10.8 Å². The number of aliphatic hydroxyl groups excluding tert-OH is 1. The topological polar surface area (TPSA) is 58.6 Å². The van der Waals surface area contributed by atoms with Crippen molar-refractivity contribution < 1.29 is 14.6 Å². The van der Waals surface area contributed by atoms with Crippen LogP contribution < -0.4 is 10.1 Å². The molecular weight excluding hydrogens is 350 g/mol. The van der Waals surface area contributed by atoms with E-state index in [1.165, 1.54) is 0 Å². The Kier molecular flexibility index (Phi) is 6.10. The van der Waals surface area contributed by atoms with E-state index in [0.717, 1.165) is 16.3 Å². The predicted molar refractivity (Wildman–Crippen MR) is 103 cm³/mol. The molecule has 0 bridgehead atoms. The standard InChI is InChI=1S/C21H20ClNO3/c22-18-7-9-19(10-8-18)26-12-11-21(25)23-14-20(24)17-6-5-15-3-1-2-4-16(15)13-17/h1-10,13,20,24H,11-12,14H2,(H,23,25). The van der Waals surface area contributed by atoms with E-state index in [9.17, 15) is 9.90 Å². The Hall–Kier alpha value is -2.56. The smallest absolute Gasteiger partial charge is 0.223 e. The highest BCUT2D eigenvalue weighted by Crippen LogP contribution is 2.20. The Morgan fingerprint density at radius 3 is 2.54 bits per heavy atom. The van der Waals surface area contributed by atoms with Gasteiger partial charge in [0.05, 0.1) is 19.1 Å². The molecule has 134 valence electrons. The Morgan fingerprint density at radius 2 is 1.77 bits per heavy atom. The minimum absolute atomic E-state index is 0.165. The summed E-state index contributed by atoms with van der Waals surface area (Å²) in [6, 6.07) is 20.7. The molecule has 26 heavy (non-hydrogen) atoms. The minimum atomic E-state index is -0.749. The van der Waals surface area contributed by atoms with E-state index in [1.54, 1.807) is 24.3 Å². The summed E-state index contributed by atoms with van der Waals surface area (Å²) < 4.78 is 5.49. The van der Waals surface area contributed by atoms with Gasteiger partial charge in [-0.1, -0.05) is 48.0 Å². The zero-order chi connectivity index (χ0) is 18.4. The van der Waals surface area contributed by atoms with Crippen LogP contribution in [0.1, 0.15) is 18.1 Å². The van der Waals surface area contributed by atoms with Gasteiger partial charge >= 0.3 is 0 Å². The van der Waals surface area contributed by atoms with Gasteiger partial charge in [0.15, 0.2) is 0 Å². The van der Waals surface area contributed by atoms with Gasteiger partial charge in [-0.2, -0.15) is 0 Å². The predicted octanol–water partition coefficient (Wildman–Crippen LogP) is 4.11. The third-order valence-corrected chi connectivity index (χ3v) is 4.31. The van der Waals surface area contributed by atoms with E-state index >= 15 is 0 Å². The van der Waals surface area contributed by atoms with Crippen molar-refractivity contribution >= 4 is 28.3 Å². The van der Waals surface area contributed by atoms with Crippen LogP contribution in [0.2, 0.25) is 5.02 Å². The van der Waals surface area contributed by atoms with E-state index in [1.807, 2.05) is 42.5 Å². The van der Waals surface area contributed by atoms with Crippen molar-refractivity contribution in [3.63, 3.8) is 0 Å². The summed E-state index contributed by atoms with van der Waals surface area (Å²) >= 11 is 5.81. The van der Waals surface area contributed by atoms with Crippen molar-refractivity contribution in [2.45, 2.75) is 12.5 Å². The molecule has 1 amide bonds. The second kappa shape index (κ2) is 8.70. The van der Waals surface area contributed by atoms with Crippen LogP contribution in [0.4, 0.5) is 0 Å². The van der Waals surface area contributed by atoms with Gasteiger partial charge in [-0.15, -0.1) is 0 Å². The summed E-state index contributed by atoms with van der Waals surface area (Å²) in [5.74, 6) is 0.497. The summed E-state index contributed by atoms with van der Waals surface area (Å²) in [6.45, 7) is 0.428. The van der Waals surface area contributed by atoms with E-state index in [4.69, 9.17) is 16.3 Å². The van der Waals surface area contributed by atoms with Crippen LogP contribution in [0.5, 0.6) is 5.75 Å². The molecular formula is C21H20ClNO3. The van der Waals surface area contributed by atoms with Crippen LogP contribution in [0.3, 0.4) is 0 Å². The number of carbonyl (C=O) groups excluding carboxylic acids is 1. The van der Waals surface area contributed by atoms with Crippen molar-refractivity contribution in [1.82, 2.24) is 5.32 Å². The zero-order valence-corrected chi connectivity index (χ0v) is 14.9. The number of carbonyl (C=O) groups is 1. The molecule has 0 radical (unpaired) electrons. The van der Waals surface area contributed by atoms with E-state index < -0.39 is 6.10 Å². The van der Waals surface area contributed by atoms with Crippen LogP contribution in [0.15, 0.2) is 66.7 Å². The molecule has 0 aliphatic rings. The van der Waals surface area contributed by atoms with Gasteiger partial charge in [0, 0.05) is 11.6 Å². The number of fused-ring (bicyclic) bond motifs is 1. The fourth-order valence-electron chi connectivity index (χ4n) is 2.62. The van der Waals surface area contributed by atoms with Gasteiger partial charge in [0.25, 0.3) is 0 Å². The highest BCUT2D eigenvalue weighted by molar-refractivity contribution is 6.30. The molecule has 3 aromatic carbocycles. The number of nitrogens with one attached hydrogen (secondary N) is 1. The first-order valence-corrected chi connectivity index (χ1v) is 8.81. The summed E-state index contributed by atoms with van der Waals surface area (Å²) in [4.78, 5) is 11.9. The maximum atomic E-state index is 11.9. The second-order valence-corrected chi connectivity index (χ2v) is 6.42. The van der Waals surface area contributed by atoms with Gasteiger partial charge in [-0.3, -0.25) is 4.79 Å². The number of ether oxygens (including phenoxy) is 1. The minimum Gasteiger partial charge on any atom is -0.493 e. The summed E-state index contributed by atoms with van der Waals surface area (Å²) in [7, 11) is 0. The molecule has 2 N–H and O–H groups in total. The lowest BCUT2D eigenvalue weighted by Gasteiger charge is -2.13. The molecule has 0 saturated heterocycles. The van der Waals surface area contributed by atoms with Crippen molar-refractivity contribution in [1.29, 1.82) is 0 Å². The number of hydrogen-bond donors (Lipinski definition) is 2. The van der Waals surface area contributed by atoms with Gasteiger partial charge in [0.2, 0.25) is 5.91 Å². The zero-order valence-electron chi connectivity index (χ0n) is 14.2. The lowest BCUT2D eigenvalue weighted by atomic mass is 10.0. The number of amides is 1. The van der Waals surface area contributed by atoms with Crippen LogP contribution in [0, 0.1) is 0 Å². The van der Waals surface area contributed by atoms with Crippen LogP contribution in [0.25, 0.3) is 10.8 Å². The molecule has 0 aliphatic heterocycles. The molecule has 0 fully saturated rings. The van der Waals surface area contributed by atoms with E-state index in [2.05, 4.69) is 5.32 Å². The molecule has 0 aliphatic carbocycles. The van der Waals surface area contributed by atoms with Crippen molar-refractivity contribution in [2.24, 2.45) is 0 Å². The summed E-state index contributed by atoms with van der Waals surface area (Å²) in [5.41, 5.74) is 0.779. The van der Waals surface area contributed by atoms with Crippen molar-refractivity contribution in [3.05, 3.63) is 77.3 Å². The average molecular weight is 370 g/mol. The third-order valence-electron chi connectivity index (χ3n) is 4.06. The van der Waals surface area contributed by atoms with Crippen molar-refractivity contribution in [2.75, 3.05) is 13.2 Å². The van der Waals surface area contributed by atoms with E-state index in [-0.39, 0.29) is 25.5 Å². The number of hydrogen-bond acceptors (Lipinski definition) is 3. The first-order chi connectivity index (χ1) is 12.6. The molecule has 0 heterocycles. The van der Waals surface area contributed by atoms with Gasteiger partial charge in [0.1, 0.15) is 5.75 Å². The first kappa shape index (κ1) is 18.2. The second-order valence-electron chi connectivity index (χ2n) is 5.98. The average Bonchev–Trinajstić information content (AvgIpc) is 2.67. The van der Waals surface area contributed by atoms with Crippen LogP contribution in [-0.2, 0) is 4.79 Å². The monoisotopic (exact) mass is 369 g/mol. The number of aliphatic hydroxyl groups is 1. The lowest BCUT2D eigenvalue weighted by Crippen LogP contribution is -2.29. The molecule has 3 aromatic rings. The third kappa shape index (κ3) is 4.97. The quantitative estimate of drug-likeness (QED) is 0.658. The normalized spacial score (nSPS) is 11.9. The molecule has 0 saturated carbocycles. The van der Waals surface area contributed by atoms with Crippen molar-refractivity contribution in [3.8, 4) is 5.75 Å². The van der Waals surface area contributed by atoms with Crippen LogP contribution in [-0.4, -0.2) is 24.2 Å². The molecule has 0 spiro atoms. The Balaban J connectivity index is 1.44. The number of halogens is 1. The Morgan fingerprint density at radius 1 is 1.04 bits per heavy atom. The Labute approximate surface area is 157 Å². The molecule has 3 rings (SSSR count). The largest absolute Gasteiger partial charge is 0.493 e. The van der Waals surface area contributed by atoms with Gasteiger partial charge in [-0.25, -0.2) is 0 Å². The molecule has 1 unspecified atom stereocenters. The fourth-order valence-corrected chi connectivity index (χ4v) is 2.75. The molecule has 1 atom stereocenters. The van der Waals surface area contributed by atoms with Gasteiger partial charge in [-0.05, 0) is 46.7 Å². The number of benzene rings is 3. The molecule has 4 nitrogen and oxygen atoms in total. The summed E-state index contributed by atoms with van der Waals surface area (Å²) in [6.07, 6.45) is -0.534. The maximum absolute atomic E-state index is 11.9. The lowest BCUT2D eigenvalue weighted by molar-refractivity contribution is -0.122. The highest BCUT2D eigenvalue weighted by Gasteiger charge is 2.10. The van der Waals surface area contributed by atoms with Gasteiger partial charge < -0.3 is 15.2 Å². The Bertz CT molecular complexity index is 880. The molecule has 0 aromatic heterocycles. The maximum Gasteiger partial charge on any atom is 0.223 e. The fraction of sp³-hybridized carbons (Fsp3) is 0.190. The highest BCUT2D eigenvalue weighted by atomic mass is 35.5. The van der Waals surface area contributed by atoms with Crippen LogP contribution >= 0.6 is 11.6 Å². The molecule has 5 heteroatoms. The first-order valence-electron chi connectivity index (χ1n) is 8.43.